The molecule has 130 valence electrons. The molecule has 0 saturated carbocycles. The Balaban J connectivity index is 1.93. The quantitative estimate of drug-likeness (QED) is 0.516. The summed E-state index contributed by atoms with van der Waals surface area (Å²) in [4.78, 5) is 10.4. The highest BCUT2D eigenvalue weighted by atomic mass is 32.1. The van der Waals surface area contributed by atoms with Gasteiger partial charge in [-0.15, -0.1) is 11.3 Å². The van der Waals surface area contributed by atoms with Crippen LogP contribution in [0.1, 0.15) is 28.5 Å². The standard InChI is InChI=1S/C17H15F3N4S/c1-9-11(3)25-16-14(9)15(21-8-22-16)24-23-10(2)12-5-4-6-13(7-12)17(18,19)20/h4-8H,1-3H3,(H,21,22,24)/b23-10+. The van der Waals surface area contributed by atoms with Gasteiger partial charge in [0.2, 0.25) is 0 Å². The number of nitrogens with one attached hydrogen (secondary N) is 1. The van der Waals surface area contributed by atoms with Gasteiger partial charge < -0.3 is 0 Å². The van der Waals surface area contributed by atoms with Crippen molar-refractivity contribution in [3.8, 4) is 0 Å². The van der Waals surface area contributed by atoms with E-state index in [0.717, 1.165) is 32.8 Å². The van der Waals surface area contributed by atoms with Gasteiger partial charge >= 0.3 is 6.18 Å². The highest BCUT2D eigenvalue weighted by Gasteiger charge is 2.30. The number of anilines is 1. The first-order chi connectivity index (χ1) is 11.8. The number of hydrogen-bond acceptors (Lipinski definition) is 5. The molecular formula is C17H15F3N4S. The fourth-order valence-corrected chi connectivity index (χ4v) is 3.39. The maximum atomic E-state index is 12.8. The largest absolute Gasteiger partial charge is 0.416 e. The molecule has 0 aliphatic carbocycles. The molecule has 4 nitrogen and oxygen atoms in total. The number of rotatable bonds is 3. The second kappa shape index (κ2) is 6.44. The summed E-state index contributed by atoms with van der Waals surface area (Å²) in [5, 5.41) is 5.08. The van der Waals surface area contributed by atoms with Crippen LogP contribution in [0.15, 0.2) is 35.7 Å². The van der Waals surface area contributed by atoms with Crippen LogP contribution in [-0.4, -0.2) is 15.7 Å². The predicted molar refractivity (Wildman–Crippen MR) is 94.2 cm³/mol. The average molecular weight is 364 g/mol. The highest BCUT2D eigenvalue weighted by Crippen LogP contribution is 2.32. The van der Waals surface area contributed by atoms with Gasteiger partial charge in [-0.25, -0.2) is 9.97 Å². The number of fused-ring (bicyclic) bond motifs is 1. The van der Waals surface area contributed by atoms with Gasteiger partial charge in [0.15, 0.2) is 5.82 Å². The topological polar surface area (TPSA) is 50.2 Å². The van der Waals surface area contributed by atoms with E-state index in [1.165, 1.54) is 12.4 Å². The van der Waals surface area contributed by atoms with Crippen molar-refractivity contribution < 1.29 is 13.2 Å². The second-order valence-electron chi connectivity index (χ2n) is 5.57. The molecule has 1 aromatic carbocycles. The van der Waals surface area contributed by atoms with E-state index >= 15 is 0 Å². The van der Waals surface area contributed by atoms with Crippen molar-refractivity contribution in [2.75, 3.05) is 5.43 Å². The van der Waals surface area contributed by atoms with Crippen LogP contribution in [0.25, 0.3) is 10.2 Å². The van der Waals surface area contributed by atoms with Crippen LogP contribution in [0.3, 0.4) is 0 Å². The van der Waals surface area contributed by atoms with Crippen molar-refractivity contribution in [2.24, 2.45) is 5.10 Å². The zero-order valence-electron chi connectivity index (χ0n) is 13.8. The summed E-state index contributed by atoms with van der Waals surface area (Å²) < 4.78 is 38.5. The van der Waals surface area contributed by atoms with Crippen molar-refractivity contribution in [2.45, 2.75) is 26.9 Å². The van der Waals surface area contributed by atoms with Crippen molar-refractivity contribution in [1.29, 1.82) is 0 Å². The summed E-state index contributed by atoms with van der Waals surface area (Å²) in [5.41, 5.74) is 4.05. The Hall–Kier alpha value is -2.48. The minimum absolute atomic E-state index is 0.394. The minimum Gasteiger partial charge on any atom is -0.260 e. The first kappa shape index (κ1) is 17.3. The van der Waals surface area contributed by atoms with Crippen molar-refractivity contribution in [1.82, 2.24) is 9.97 Å². The fraction of sp³-hybridized carbons (Fsp3) is 0.235. The number of thiophene rings is 1. The predicted octanol–water partition coefficient (Wildman–Crippen LogP) is 5.16. The third kappa shape index (κ3) is 3.48. The lowest BCUT2D eigenvalue weighted by Crippen LogP contribution is -2.07. The lowest BCUT2D eigenvalue weighted by atomic mass is 10.1. The molecule has 0 atom stereocenters. The van der Waals surface area contributed by atoms with Gasteiger partial charge in [-0.3, -0.25) is 5.43 Å². The molecule has 1 N–H and O–H groups in total. The molecule has 25 heavy (non-hydrogen) atoms. The van der Waals surface area contributed by atoms with E-state index < -0.39 is 11.7 Å². The first-order valence-corrected chi connectivity index (χ1v) is 8.27. The van der Waals surface area contributed by atoms with Gasteiger partial charge in [-0.05, 0) is 44.0 Å². The lowest BCUT2D eigenvalue weighted by Gasteiger charge is -2.09. The molecule has 3 aromatic rings. The summed E-state index contributed by atoms with van der Waals surface area (Å²) in [6.45, 7) is 5.63. The number of alkyl halides is 3. The Morgan fingerprint density at radius 1 is 1.20 bits per heavy atom. The fourth-order valence-electron chi connectivity index (χ4n) is 2.39. The monoisotopic (exact) mass is 364 g/mol. The molecule has 0 spiro atoms. The molecule has 0 bridgehead atoms. The second-order valence-corrected chi connectivity index (χ2v) is 6.78. The van der Waals surface area contributed by atoms with E-state index in [-0.39, 0.29) is 0 Å². The molecule has 0 saturated heterocycles. The summed E-state index contributed by atoms with van der Waals surface area (Å²) in [5.74, 6) is 0.540. The third-order valence-corrected chi connectivity index (χ3v) is 5.02. The Bertz CT molecular complexity index is 960. The number of benzene rings is 1. The molecule has 2 aromatic heterocycles. The minimum atomic E-state index is -4.38. The molecule has 2 heterocycles. The average Bonchev–Trinajstić information content (AvgIpc) is 2.87. The maximum absolute atomic E-state index is 12.8. The zero-order valence-corrected chi connectivity index (χ0v) is 14.6. The third-order valence-electron chi connectivity index (χ3n) is 3.90. The van der Waals surface area contributed by atoms with Gasteiger partial charge in [0, 0.05) is 4.88 Å². The number of hydrazone groups is 1. The zero-order chi connectivity index (χ0) is 18.2. The van der Waals surface area contributed by atoms with Gasteiger partial charge in [0.05, 0.1) is 16.7 Å². The van der Waals surface area contributed by atoms with E-state index in [2.05, 4.69) is 20.5 Å². The number of aryl methyl sites for hydroxylation is 2. The Kier molecular flexibility index (Phi) is 4.47. The van der Waals surface area contributed by atoms with Crippen LogP contribution in [0.4, 0.5) is 19.0 Å². The van der Waals surface area contributed by atoms with Crippen LogP contribution in [0.2, 0.25) is 0 Å². The van der Waals surface area contributed by atoms with Gasteiger partial charge in [-0.2, -0.15) is 18.3 Å². The molecule has 0 aliphatic heterocycles. The maximum Gasteiger partial charge on any atom is 0.416 e. The Morgan fingerprint density at radius 2 is 1.96 bits per heavy atom. The van der Waals surface area contributed by atoms with Crippen LogP contribution in [-0.2, 0) is 6.18 Å². The van der Waals surface area contributed by atoms with E-state index in [4.69, 9.17) is 0 Å². The molecule has 8 heteroatoms. The van der Waals surface area contributed by atoms with Crippen LogP contribution < -0.4 is 5.43 Å². The van der Waals surface area contributed by atoms with Crippen LogP contribution in [0.5, 0.6) is 0 Å². The first-order valence-electron chi connectivity index (χ1n) is 7.46. The van der Waals surface area contributed by atoms with E-state index in [0.29, 0.717) is 17.1 Å². The highest BCUT2D eigenvalue weighted by molar-refractivity contribution is 7.18. The molecular weight excluding hydrogens is 349 g/mol. The van der Waals surface area contributed by atoms with E-state index in [9.17, 15) is 13.2 Å². The Labute approximate surface area is 146 Å². The van der Waals surface area contributed by atoms with Crippen LogP contribution in [0, 0.1) is 13.8 Å². The SMILES string of the molecule is C/C(=N\Nc1ncnc2sc(C)c(C)c12)c1cccc(C(F)(F)F)c1. The summed E-state index contributed by atoms with van der Waals surface area (Å²) >= 11 is 1.56. The van der Waals surface area contributed by atoms with E-state index in [1.807, 2.05) is 13.8 Å². The normalized spacial score (nSPS) is 12.6. The summed E-state index contributed by atoms with van der Waals surface area (Å²) in [6, 6.07) is 5.07. The van der Waals surface area contributed by atoms with Crippen molar-refractivity contribution in [3.05, 3.63) is 52.2 Å². The van der Waals surface area contributed by atoms with Crippen molar-refractivity contribution >= 4 is 33.1 Å². The van der Waals surface area contributed by atoms with Crippen molar-refractivity contribution in [3.63, 3.8) is 0 Å². The molecule has 0 aliphatic rings. The molecule has 0 amide bonds. The molecule has 0 radical (unpaired) electrons. The van der Waals surface area contributed by atoms with Gasteiger partial charge in [-0.1, -0.05) is 12.1 Å². The smallest absolute Gasteiger partial charge is 0.260 e. The summed E-state index contributed by atoms with van der Waals surface area (Å²) in [7, 11) is 0. The lowest BCUT2D eigenvalue weighted by molar-refractivity contribution is -0.137. The number of halogens is 3. The van der Waals surface area contributed by atoms with Crippen LogP contribution >= 0.6 is 11.3 Å². The molecule has 0 unspecified atom stereocenters. The van der Waals surface area contributed by atoms with E-state index in [1.54, 1.807) is 24.3 Å². The summed E-state index contributed by atoms with van der Waals surface area (Å²) in [6.07, 6.45) is -2.94. The number of aromatic nitrogens is 2. The number of hydrogen-bond donors (Lipinski definition) is 1. The molecule has 0 fully saturated rings. The van der Waals surface area contributed by atoms with Gasteiger partial charge in [0.25, 0.3) is 0 Å². The molecule has 3 rings (SSSR count). The number of nitrogens with zero attached hydrogens (tertiary/aromatic N) is 3. The van der Waals surface area contributed by atoms with Gasteiger partial charge in [0.1, 0.15) is 11.2 Å². The Morgan fingerprint density at radius 3 is 2.68 bits per heavy atom.